The number of amides is 1. The quantitative estimate of drug-likeness (QED) is 0.325. The third kappa shape index (κ3) is 5.23. The van der Waals surface area contributed by atoms with E-state index in [0.29, 0.717) is 13.1 Å². The molecular formula is C19H21N3O8S2. The maximum absolute atomic E-state index is 12.7. The molecule has 0 atom stereocenters. The zero-order valence-corrected chi connectivity index (χ0v) is 18.7. The largest absolute Gasteiger partial charge is 0.477 e. The fourth-order valence-electron chi connectivity index (χ4n) is 3.08. The smallest absolute Gasteiger partial charge is 0.341 e. The van der Waals surface area contributed by atoms with E-state index in [0.717, 1.165) is 36.3 Å². The monoisotopic (exact) mass is 483 g/mol. The summed E-state index contributed by atoms with van der Waals surface area (Å²) in [4.78, 5) is 34.6. The number of rotatable bonds is 9. The Bertz CT molecular complexity index is 1120. The Morgan fingerprint density at radius 1 is 1.25 bits per heavy atom. The van der Waals surface area contributed by atoms with E-state index in [2.05, 4.69) is 5.32 Å². The Morgan fingerprint density at radius 3 is 2.62 bits per heavy atom. The van der Waals surface area contributed by atoms with Gasteiger partial charge in [0.25, 0.3) is 5.91 Å². The van der Waals surface area contributed by atoms with Crippen molar-refractivity contribution in [2.75, 3.05) is 31.6 Å². The van der Waals surface area contributed by atoms with Crippen molar-refractivity contribution in [2.45, 2.75) is 24.7 Å². The molecule has 1 saturated heterocycles. The highest BCUT2D eigenvalue weighted by Gasteiger charge is 2.30. The van der Waals surface area contributed by atoms with E-state index in [1.165, 1.54) is 16.4 Å². The molecule has 13 heteroatoms. The van der Waals surface area contributed by atoms with Gasteiger partial charge in [0.1, 0.15) is 5.00 Å². The van der Waals surface area contributed by atoms with Crippen LogP contribution in [0.3, 0.4) is 0 Å². The van der Waals surface area contributed by atoms with Crippen molar-refractivity contribution in [1.29, 1.82) is 0 Å². The molecule has 0 bridgehead atoms. The number of thiophene rings is 1. The SMILES string of the molecule is CCOC(=O)c1ccsc1NC(=O)COc1ccc(S(=O)(=O)N2CCCC2)cc1[N+](=O)[O-]. The van der Waals surface area contributed by atoms with Crippen molar-refractivity contribution in [3.05, 3.63) is 45.3 Å². The number of nitro benzene ring substituents is 1. The van der Waals surface area contributed by atoms with E-state index in [1.807, 2.05) is 0 Å². The number of anilines is 1. The maximum Gasteiger partial charge on any atom is 0.341 e. The van der Waals surface area contributed by atoms with Crippen molar-refractivity contribution >= 4 is 43.9 Å². The average molecular weight is 484 g/mol. The van der Waals surface area contributed by atoms with E-state index in [-0.39, 0.29) is 27.8 Å². The van der Waals surface area contributed by atoms with Crippen molar-refractivity contribution in [3.63, 3.8) is 0 Å². The number of carbonyl (C=O) groups excluding carboxylic acids is 2. The average Bonchev–Trinajstić information content (AvgIpc) is 3.45. The molecule has 2 heterocycles. The third-order valence-electron chi connectivity index (χ3n) is 4.60. The first kappa shape index (κ1) is 23.6. The Morgan fingerprint density at radius 2 is 1.97 bits per heavy atom. The van der Waals surface area contributed by atoms with Gasteiger partial charge >= 0.3 is 11.7 Å². The first-order chi connectivity index (χ1) is 15.2. The van der Waals surface area contributed by atoms with Gasteiger partial charge < -0.3 is 14.8 Å². The van der Waals surface area contributed by atoms with Crippen molar-refractivity contribution in [1.82, 2.24) is 4.31 Å². The molecule has 3 rings (SSSR count). The van der Waals surface area contributed by atoms with Crippen LogP contribution in [0, 0.1) is 10.1 Å². The highest BCUT2D eigenvalue weighted by molar-refractivity contribution is 7.89. The lowest BCUT2D eigenvalue weighted by Crippen LogP contribution is -2.28. The predicted octanol–water partition coefficient (Wildman–Crippen LogP) is 2.64. The zero-order chi connectivity index (χ0) is 23.3. The van der Waals surface area contributed by atoms with Gasteiger partial charge in [-0.15, -0.1) is 11.3 Å². The van der Waals surface area contributed by atoms with Gasteiger partial charge in [0, 0.05) is 19.2 Å². The fraction of sp³-hybridized carbons (Fsp3) is 0.368. The van der Waals surface area contributed by atoms with Gasteiger partial charge in [0.05, 0.1) is 22.0 Å². The van der Waals surface area contributed by atoms with Gasteiger partial charge in [0.2, 0.25) is 10.0 Å². The Balaban J connectivity index is 1.71. The van der Waals surface area contributed by atoms with Crippen LogP contribution in [-0.4, -0.2) is 55.8 Å². The summed E-state index contributed by atoms with van der Waals surface area (Å²) in [5, 5.41) is 15.8. The lowest BCUT2D eigenvalue weighted by molar-refractivity contribution is -0.386. The second-order valence-corrected chi connectivity index (χ2v) is 9.57. The molecule has 1 aromatic heterocycles. The number of esters is 1. The van der Waals surface area contributed by atoms with E-state index in [4.69, 9.17) is 9.47 Å². The van der Waals surface area contributed by atoms with E-state index in [9.17, 15) is 28.1 Å². The molecule has 11 nitrogen and oxygen atoms in total. The number of nitrogens with one attached hydrogen (secondary N) is 1. The van der Waals surface area contributed by atoms with E-state index in [1.54, 1.807) is 12.3 Å². The van der Waals surface area contributed by atoms with Gasteiger partial charge in [-0.25, -0.2) is 13.2 Å². The van der Waals surface area contributed by atoms with Gasteiger partial charge in [0.15, 0.2) is 12.4 Å². The number of carbonyl (C=O) groups is 2. The molecule has 32 heavy (non-hydrogen) atoms. The first-order valence-electron chi connectivity index (χ1n) is 9.70. The minimum Gasteiger partial charge on any atom is -0.477 e. The van der Waals surface area contributed by atoms with Crippen LogP contribution in [0.5, 0.6) is 5.75 Å². The molecule has 0 saturated carbocycles. The van der Waals surface area contributed by atoms with Crippen LogP contribution in [0.1, 0.15) is 30.1 Å². The highest BCUT2D eigenvalue weighted by atomic mass is 32.2. The summed E-state index contributed by atoms with van der Waals surface area (Å²) >= 11 is 1.11. The van der Waals surface area contributed by atoms with Gasteiger partial charge in [-0.2, -0.15) is 4.31 Å². The predicted molar refractivity (Wildman–Crippen MR) is 115 cm³/mol. The van der Waals surface area contributed by atoms with Gasteiger partial charge in [-0.05, 0) is 43.3 Å². The molecule has 1 aliphatic rings. The number of nitrogens with zero attached hydrogens (tertiary/aromatic N) is 2. The normalized spacial score (nSPS) is 14.2. The number of sulfonamides is 1. The summed E-state index contributed by atoms with van der Waals surface area (Å²) in [6.45, 7) is 1.98. The number of benzene rings is 1. The van der Waals surface area contributed by atoms with Crippen LogP contribution in [0.4, 0.5) is 10.7 Å². The summed E-state index contributed by atoms with van der Waals surface area (Å²) in [5.74, 6) is -1.49. The Kier molecular flexibility index (Phi) is 7.43. The minimum absolute atomic E-state index is 0.179. The Hall–Kier alpha value is -3.03. The van der Waals surface area contributed by atoms with Crippen LogP contribution >= 0.6 is 11.3 Å². The molecule has 0 unspecified atom stereocenters. The fourth-order valence-corrected chi connectivity index (χ4v) is 5.41. The van der Waals surface area contributed by atoms with Crippen molar-refractivity contribution < 1.29 is 32.4 Å². The second-order valence-electron chi connectivity index (χ2n) is 6.72. The van der Waals surface area contributed by atoms with Gasteiger partial charge in [-0.3, -0.25) is 14.9 Å². The highest BCUT2D eigenvalue weighted by Crippen LogP contribution is 2.32. The Labute approximate surface area is 188 Å². The number of ether oxygens (including phenoxy) is 2. The number of hydrogen-bond donors (Lipinski definition) is 1. The zero-order valence-electron chi connectivity index (χ0n) is 17.1. The molecule has 1 aliphatic heterocycles. The standard InChI is InChI=1S/C19H21N3O8S2/c1-2-29-19(24)14-7-10-31-18(14)20-17(23)12-30-16-6-5-13(11-15(16)22(25)26)32(27,28)21-8-3-4-9-21/h5-7,10-11H,2-4,8-9,12H2,1H3,(H,20,23). The molecule has 1 amide bonds. The number of hydrogen-bond acceptors (Lipinski definition) is 9. The maximum atomic E-state index is 12.7. The molecule has 1 N–H and O–H groups in total. The lowest BCUT2D eigenvalue weighted by atomic mass is 10.3. The van der Waals surface area contributed by atoms with E-state index < -0.39 is 39.1 Å². The molecule has 0 spiro atoms. The van der Waals surface area contributed by atoms with Crippen molar-refractivity contribution in [2.24, 2.45) is 0 Å². The summed E-state index contributed by atoms with van der Waals surface area (Å²) in [5.41, 5.74) is -0.380. The topological polar surface area (TPSA) is 145 Å². The molecular weight excluding hydrogens is 462 g/mol. The summed E-state index contributed by atoms with van der Waals surface area (Å²) in [6, 6.07) is 4.80. The second kappa shape index (κ2) is 10.1. The molecule has 2 aromatic rings. The first-order valence-corrected chi connectivity index (χ1v) is 12.0. The van der Waals surface area contributed by atoms with Crippen LogP contribution in [-0.2, 0) is 19.6 Å². The lowest BCUT2D eigenvalue weighted by Gasteiger charge is -2.16. The number of nitro groups is 1. The summed E-state index contributed by atoms with van der Waals surface area (Å²) in [7, 11) is -3.84. The molecule has 0 radical (unpaired) electrons. The van der Waals surface area contributed by atoms with E-state index >= 15 is 0 Å². The summed E-state index contributed by atoms with van der Waals surface area (Å²) in [6.07, 6.45) is 1.47. The van der Waals surface area contributed by atoms with Crippen LogP contribution in [0.25, 0.3) is 0 Å². The van der Waals surface area contributed by atoms with Gasteiger partial charge in [-0.1, -0.05) is 0 Å². The molecule has 1 aromatic carbocycles. The summed E-state index contributed by atoms with van der Waals surface area (Å²) < 4.78 is 36.8. The van der Waals surface area contributed by atoms with Crippen LogP contribution < -0.4 is 10.1 Å². The molecule has 172 valence electrons. The van der Waals surface area contributed by atoms with Crippen LogP contribution in [0.15, 0.2) is 34.5 Å². The molecule has 1 fully saturated rings. The van der Waals surface area contributed by atoms with Crippen molar-refractivity contribution in [3.8, 4) is 5.75 Å². The third-order valence-corrected chi connectivity index (χ3v) is 7.33. The molecule has 0 aliphatic carbocycles. The minimum atomic E-state index is -3.84. The van der Waals surface area contributed by atoms with Crippen LogP contribution in [0.2, 0.25) is 0 Å².